The van der Waals surface area contributed by atoms with Crippen LogP contribution in [0.15, 0.2) is 41.3 Å². The first-order valence-electron chi connectivity index (χ1n) is 6.91. The molecule has 0 spiro atoms. The van der Waals surface area contributed by atoms with Crippen molar-refractivity contribution in [1.29, 1.82) is 0 Å². The molecule has 0 N–H and O–H groups in total. The number of benzene rings is 2. The van der Waals surface area contributed by atoms with Gasteiger partial charge in [-0.15, -0.1) is 0 Å². The summed E-state index contributed by atoms with van der Waals surface area (Å²) in [7, 11) is -3.41. The molecule has 0 aliphatic rings. The molecule has 0 aliphatic carbocycles. The minimum absolute atomic E-state index is 0.0187. The zero-order valence-electron chi connectivity index (χ0n) is 12.9. The van der Waals surface area contributed by atoms with Crippen molar-refractivity contribution in [2.75, 3.05) is 5.75 Å². The van der Waals surface area contributed by atoms with Crippen molar-refractivity contribution in [3.8, 4) is 17.2 Å². The lowest BCUT2D eigenvalue weighted by Crippen LogP contribution is -2.04. The van der Waals surface area contributed by atoms with Gasteiger partial charge in [0.15, 0.2) is 21.3 Å². The maximum Gasteiger partial charge on any atom is 0.308 e. The Morgan fingerprint density at radius 3 is 2.38 bits per heavy atom. The van der Waals surface area contributed by atoms with Gasteiger partial charge in [0.2, 0.25) is 0 Å². The largest absolute Gasteiger partial charge is 0.452 e. The highest BCUT2D eigenvalue weighted by atomic mass is 35.5. The molecule has 24 heavy (non-hydrogen) atoms. The molecule has 0 fully saturated rings. The Bertz CT molecular complexity index is 880. The SMILES string of the molecule is CCS(=O)(=O)c1ccc(Oc2cc(F)ccc2OC(C)=O)c(Cl)c1. The van der Waals surface area contributed by atoms with E-state index in [1.807, 2.05) is 0 Å². The maximum atomic E-state index is 13.4. The van der Waals surface area contributed by atoms with Crippen LogP contribution in [0.4, 0.5) is 4.39 Å². The van der Waals surface area contributed by atoms with Gasteiger partial charge in [-0.05, 0) is 30.3 Å². The highest BCUT2D eigenvalue weighted by Crippen LogP contribution is 2.36. The Morgan fingerprint density at radius 1 is 1.12 bits per heavy atom. The molecular weight excluding hydrogens is 359 g/mol. The molecule has 0 unspecified atom stereocenters. The minimum Gasteiger partial charge on any atom is -0.452 e. The highest BCUT2D eigenvalue weighted by molar-refractivity contribution is 7.91. The normalized spacial score (nSPS) is 11.2. The fourth-order valence-electron chi connectivity index (χ4n) is 1.84. The van der Waals surface area contributed by atoms with Gasteiger partial charge in [0, 0.05) is 13.0 Å². The van der Waals surface area contributed by atoms with Crippen LogP contribution in [0, 0.1) is 5.82 Å². The van der Waals surface area contributed by atoms with E-state index >= 15 is 0 Å². The molecule has 0 aliphatic heterocycles. The molecule has 128 valence electrons. The Hall–Kier alpha value is -2.12. The Balaban J connectivity index is 2.38. The van der Waals surface area contributed by atoms with Gasteiger partial charge in [-0.25, -0.2) is 12.8 Å². The van der Waals surface area contributed by atoms with Crippen molar-refractivity contribution in [1.82, 2.24) is 0 Å². The molecule has 0 bridgehead atoms. The fraction of sp³-hybridized carbons (Fsp3) is 0.188. The van der Waals surface area contributed by atoms with Crippen molar-refractivity contribution in [3.05, 3.63) is 47.2 Å². The summed E-state index contributed by atoms with van der Waals surface area (Å²) in [6.45, 7) is 2.72. The summed E-state index contributed by atoms with van der Waals surface area (Å²) in [6.07, 6.45) is 0. The van der Waals surface area contributed by atoms with Gasteiger partial charge in [0.1, 0.15) is 11.6 Å². The predicted molar refractivity (Wildman–Crippen MR) is 87.0 cm³/mol. The summed E-state index contributed by atoms with van der Waals surface area (Å²) >= 11 is 6.05. The number of esters is 1. The zero-order chi connectivity index (χ0) is 17.9. The van der Waals surface area contributed by atoms with E-state index in [2.05, 4.69) is 0 Å². The minimum atomic E-state index is -3.41. The summed E-state index contributed by atoms with van der Waals surface area (Å²) < 4.78 is 47.5. The molecule has 8 heteroatoms. The van der Waals surface area contributed by atoms with Gasteiger partial charge in [0.25, 0.3) is 0 Å². The van der Waals surface area contributed by atoms with Gasteiger partial charge in [0.05, 0.1) is 15.7 Å². The van der Waals surface area contributed by atoms with Gasteiger partial charge in [-0.3, -0.25) is 4.79 Å². The van der Waals surface area contributed by atoms with Crippen molar-refractivity contribution >= 4 is 27.4 Å². The van der Waals surface area contributed by atoms with Crippen LogP contribution in [-0.2, 0) is 14.6 Å². The standard InChI is InChI=1S/C16H14ClFO5S/c1-3-24(20,21)12-5-7-14(13(17)9-12)23-16-8-11(18)4-6-15(16)22-10(2)19/h4-9H,3H2,1-2H3. The molecule has 0 radical (unpaired) electrons. The van der Waals surface area contributed by atoms with Crippen LogP contribution in [-0.4, -0.2) is 20.1 Å². The van der Waals surface area contributed by atoms with Crippen LogP contribution in [0.2, 0.25) is 5.02 Å². The van der Waals surface area contributed by atoms with Gasteiger partial charge in [-0.2, -0.15) is 0 Å². The molecule has 2 aromatic carbocycles. The smallest absolute Gasteiger partial charge is 0.308 e. The Labute approximate surface area is 143 Å². The topological polar surface area (TPSA) is 69.7 Å². The predicted octanol–water partition coefficient (Wildman–Crippen LogP) is 3.99. The number of hydrogen-bond donors (Lipinski definition) is 0. The monoisotopic (exact) mass is 372 g/mol. The van der Waals surface area contributed by atoms with Crippen molar-refractivity contribution < 1.29 is 27.1 Å². The third-order valence-electron chi connectivity index (χ3n) is 3.02. The fourth-order valence-corrected chi connectivity index (χ4v) is 3.03. The first-order chi connectivity index (χ1) is 11.2. The van der Waals surface area contributed by atoms with E-state index in [0.29, 0.717) is 0 Å². The average Bonchev–Trinajstić information content (AvgIpc) is 2.51. The summed E-state index contributed by atoms with van der Waals surface area (Å²) in [5.74, 6) is -1.19. The lowest BCUT2D eigenvalue weighted by atomic mass is 10.3. The zero-order valence-corrected chi connectivity index (χ0v) is 14.4. The van der Waals surface area contributed by atoms with Gasteiger partial charge < -0.3 is 9.47 Å². The molecular formula is C16H14ClFO5S. The van der Waals surface area contributed by atoms with Gasteiger partial charge in [-0.1, -0.05) is 18.5 Å². The van der Waals surface area contributed by atoms with Crippen LogP contribution in [0.5, 0.6) is 17.2 Å². The number of ether oxygens (including phenoxy) is 2. The molecule has 0 aromatic heterocycles. The molecule has 0 atom stereocenters. The summed E-state index contributed by atoms with van der Waals surface area (Å²) in [5.41, 5.74) is 0. The number of sulfone groups is 1. The summed E-state index contributed by atoms with van der Waals surface area (Å²) in [4.78, 5) is 11.2. The van der Waals surface area contributed by atoms with E-state index in [1.165, 1.54) is 38.1 Å². The molecule has 0 saturated carbocycles. The Morgan fingerprint density at radius 2 is 1.79 bits per heavy atom. The number of halogens is 2. The van der Waals surface area contributed by atoms with E-state index < -0.39 is 21.6 Å². The molecule has 0 heterocycles. The van der Waals surface area contributed by atoms with Crippen LogP contribution >= 0.6 is 11.6 Å². The number of hydrogen-bond acceptors (Lipinski definition) is 5. The number of carbonyl (C=O) groups is 1. The van der Waals surface area contributed by atoms with Crippen LogP contribution in [0.3, 0.4) is 0 Å². The molecule has 0 amide bonds. The third-order valence-corrected chi connectivity index (χ3v) is 5.05. The highest BCUT2D eigenvalue weighted by Gasteiger charge is 2.16. The lowest BCUT2D eigenvalue weighted by molar-refractivity contribution is -0.132. The van der Waals surface area contributed by atoms with Crippen LogP contribution < -0.4 is 9.47 Å². The quantitative estimate of drug-likeness (QED) is 0.586. The number of rotatable bonds is 5. The molecule has 5 nitrogen and oxygen atoms in total. The molecule has 2 rings (SSSR count). The summed E-state index contributed by atoms with van der Waals surface area (Å²) in [6, 6.07) is 7.34. The number of carbonyl (C=O) groups excluding carboxylic acids is 1. The molecule has 0 saturated heterocycles. The second kappa shape index (κ2) is 7.19. The lowest BCUT2D eigenvalue weighted by Gasteiger charge is -2.12. The van der Waals surface area contributed by atoms with Crippen molar-refractivity contribution in [2.45, 2.75) is 18.7 Å². The van der Waals surface area contributed by atoms with Crippen LogP contribution in [0.1, 0.15) is 13.8 Å². The first kappa shape index (κ1) is 18.2. The molecule has 2 aromatic rings. The van der Waals surface area contributed by atoms with E-state index in [-0.39, 0.29) is 32.9 Å². The van der Waals surface area contributed by atoms with E-state index in [1.54, 1.807) is 0 Å². The third kappa shape index (κ3) is 4.24. The van der Waals surface area contributed by atoms with E-state index in [0.717, 1.165) is 12.1 Å². The second-order valence-corrected chi connectivity index (χ2v) is 7.47. The van der Waals surface area contributed by atoms with Crippen LogP contribution in [0.25, 0.3) is 0 Å². The van der Waals surface area contributed by atoms with Gasteiger partial charge >= 0.3 is 5.97 Å². The summed E-state index contributed by atoms with van der Waals surface area (Å²) in [5, 5.41) is 0.0301. The average molecular weight is 373 g/mol. The first-order valence-corrected chi connectivity index (χ1v) is 8.94. The maximum absolute atomic E-state index is 13.4. The second-order valence-electron chi connectivity index (χ2n) is 4.78. The Kier molecular flexibility index (Phi) is 5.46. The van der Waals surface area contributed by atoms with E-state index in [4.69, 9.17) is 21.1 Å². The van der Waals surface area contributed by atoms with E-state index in [9.17, 15) is 17.6 Å². The van der Waals surface area contributed by atoms with Crippen molar-refractivity contribution in [3.63, 3.8) is 0 Å². The van der Waals surface area contributed by atoms with Crippen molar-refractivity contribution in [2.24, 2.45) is 0 Å².